The zero-order chi connectivity index (χ0) is 11.7. The Kier molecular flexibility index (Phi) is 2.48. The van der Waals surface area contributed by atoms with E-state index in [4.69, 9.17) is 4.42 Å². The van der Waals surface area contributed by atoms with Crippen molar-refractivity contribution in [2.24, 2.45) is 0 Å². The maximum absolute atomic E-state index is 11.6. The number of rotatable bonds is 1. The van der Waals surface area contributed by atoms with Crippen LogP contribution in [0.15, 0.2) is 33.5 Å². The van der Waals surface area contributed by atoms with E-state index >= 15 is 0 Å². The van der Waals surface area contributed by atoms with Crippen LogP contribution in [-0.2, 0) is 4.74 Å². The number of ether oxygens (including phenoxy) is 1. The number of fused-ring (bicyclic) bond motifs is 1. The highest BCUT2D eigenvalue weighted by molar-refractivity contribution is 6.04. The molecule has 0 fully saturated rings. The van der Waals surface area contributed by atoms with E-state index in [2.05, 4.69) is 4.74 Å². The molecule has 0 spiro atoms. The Bertz CT molecular complexity index is 610. The van der Waals surface area contributed by atoms with Crippen LogP contribution in [0.1, 0.15) is 16.1 Å². The van der Waals surface area contributed by atoms with Gasteiger partial charge in [-0.2, -0.15) is 0 Å². The SMILES string of the molecule is COC(=O)c1c(C)oc(=O)c2ccccc12. The number of hydrogen-bond donors (Lipinski definition) is 0. The first-order chi connectivity index (χ1) is 7.65. The van der Waals surface area contributed by atoms with Crippen molar-refractivity contribution in [1.29, 1.82) is 0 Å². The summed E-state index contributed by atoms with van der Waals surface area (Å²) in [4.78, 5) is 23.1. The number of carbonyl (C=O) groups excluding carboxylic acids is 1. The molecule has 1 heterocycles. The predicted molar refractivity (Wildman–Crippen MR) is 58.6 cm³/mol. The fraction of sp³-hybridized carbons (Fsp3) is 0.167. The van der Waals surface area contributed by atoms with Gasteiger partial charge in [0.05, 0.1) is 12.5 Å². The molecule has 1 aromatic carbocycles. The van der Waals surface area contributed by atoms with E-state index in [-0.39, 0.29) is 5.76 Å². The van der Waals surface area contributed by atoms with Crippen LogP contribution in [-0.4, -0.2) is 13.1 Å². The number of hydrogen-bond acceptors (Lipinski definition) is 4. The van der Waals surface area contributed by atoms with Gasteiger partial charge in [-0.05, 0) is 13.0 Å². The molecule has 2 rings (SSSR count). The Morgan fingerprint density at radius 3 is 2.50 bits per heavy atom. The highest BCUT2D eigenvalue weighted by Crippen LogP contribution is 2.19. The Morgan fingerprint density at radius 1 is 1.25 bits per heavy atom. The number of carbonyl (C=O) groups is 1. The van der Waals surface area contributed by atoms with Gasteiger partial charge >= 0.3 is 11.6 Å². The Balaban J connectivity index is 2.92. The average molecular weight is 218 g/mol. The minimum atomic E-state index is -0.502. The molecule has 0 aliphatic rings. The van der Waals surface area contributed by atoms with Crippen molar-refractivity contribution in [1.82, 2.24) is 0 Å². The van der Waals surface area contributed by atoms with Crippen LogP contribution < -0.4 is 5.63 Å². The van der Waals surface area contributed by atoms with E-state index in [0.717, 1.165) is 0 Å². The zero-order valence-corrected chi connectivity index (χ0v) is 8.94. The highest BCUT2D eigenvalue weighted by atomic mass is 16.5. The quantitative estimate of drug-likeness (QED) is 0.686. The summed E-state index contributed by atoms with van der Waals surface area (Å²) in [7, 11) is 1.29. The maximum Gasteiger partial charge on any atom is 0.343 e. The van der Waals surface area contributed by atoms with Crippen LogP contribution in [0.4, 0.5) is 0 Å². The Hall–Kier alpha value is -2.10. The van der Waals surface area contributed by atoms with Gasteiger partial charge in [-0.15, -0.1) is 0 Å². The standard InChI is InChI=1S/C12H10O4/c1-7-10(12(14)15-2)8-5-3-4-6-9(8)11(13)16-7/h3-6H,1-2H3. The van der Waals surface area contributed by atoms with Crippen molar-refractivity contribution in [2.45, 2.75) is 6.92 Å². The molecule has 0 unspecified atom stereocenters. The Labute approximate surface area is 91.4 Å². The lowest BCUT2D eigenvalue weighted by molar-refractivity contribution is 0.0599. The first-order valence-electron chi connectivity index (χ1n) is 4.76. The van der Waals surface area contributed by atoms with Crippen molar-refractivity contribution >= 4 is 16.7 Å². The van der Waals surface area contributed by atoms with Gasteiger partial charge in [-0.3, -0.25) is 0 Å². The summed E-state index contributed by atoms with van der Waals surface area (Å²) in [5, 5.41) is 0.941. The molecule has 0 amide bonds. The molecule has 0 N–H and O–H groups in total. The van der Waals surface area contributed by atoms with Crippen LogP contribution >= 0.6 is 0 Å². The molecule has 0 radical (unpaired) electrons. The van der Waals surface area contributed by atoms with E-state index in [1.165, 1.54) is 7.11 Å². The Morgan fingerprint density at radius 2 is 1.88 bits per heavy atom. The molecule has 1 aromatic heterocycles. The monoisotopic (exact) mass is 218 g/mol. The molecule has 0 aliphatic carbocycles. The van der Waals surface area contributed by atoms with Crippen LogP contribution in [0.5, 0.6) is 0 Å². The molecule has 2 aromatic rings. The predicted octanol–water partition coefficient (Wildman–Crippen LogP) is 1.89. The number of methoxy groups -OCH3 is 1. The van der Waals surface area contributed by atoms with Gasteiger partial charge in [0.25, 0.3) is 0 Å². The van der Waals surface area contributed by atoms with Gasteiger partial charge in [0.15, 0.2) is 0 Å². The lowest BCUT2D eigenvalue weighted by Crippen LogP contribution is -2.10. The van der Waals surface area contributed by atoms with Crippen LogP contribution in [0, 0.1) is 6.92 Å². The normalized spacial score (nSPS) is 10.4. The van der Waals surface area contributed by atoms with E-state index in [0.29, 0.717) is 16.3 Å². The van der Waals surface area contributed by atoms with Gasteiger partial charge in [-0.25, -0.2) is 9.59 Å². The lowest BCUT2D eigenvalue weighted by atomic mass is 10.1. The summed E-state index contributed by atoms with van der Waals surface area (Å²) in [6.45, 7) is 1.57. The minimum Gasteiger partial charge on any atom is -0.465 e. The first-order valence-corrected chi connectivity index (χ1v) is 4.76. The summed E-state index contributed by atoms with van der Waals surface area (Å²) in [5.74, 6) is -0.229. The van der Waals surface area contributed by atoms with Gasteiger partial charge in [-0.1, -0.05) is 18.2 Å². The first kappa shape index (κ1) is 10.4. The second kappa shape index (κ2) is 3.81. The summed E-state index contributed by atoms with van der Waals surface area (Å²) < 4.78 is 9.65. The molecule has 16 heavy (non-hydrogen) atoms. The van der Waals surface area contributed by atoms with Crippen molar-refractivity contribution in [2.75, 3.05) is 7.11 Å². The molecule has 82 valence electrons. The molecule has 0 atom stereocenters. The van der Waals surface area contributed by atoms with Gasteiger partial charge < -0.3 is 9.15 Å². The number of aryl methyl sites for hydroxylation is 1. The largest absolute Gasteiger partial charge is 0.465 e. The van der Waals surface area contributed by atoms with Gasteiger partial charge in [0, 0.05) is 5.39 Å². The molecule has 4 nitrogen and oxygen atoms in total. The van der Waals surface area contributed by atoms with E-state index in [1.54, 1.807) is 31.2 Å². The van der Waals surface area contributed by atoms with Gasteiger partial charge in [0.1, 0.15) is 11.3 Å². The van der Waals surface area contributed by atoms with Crippen molar-refractivity contribution in [3.8, 4) is 0 Å². The van der Waals surface area contributed by atoms with Crippen molar-refractivity contribution in [3.63, 3.8) is 0 Å². The van der Waals surface area contributed by atoms with Crippen LogP contribution in [0.2, 0.25) is 0 Å². The molecule has 0 bridgehead atoms. The van der Waals surface area contributed by atoms with Crippen molar-refractivity contribution in [3.05, 3.63) is 46.0 Å². The van der Waals surface area contributed by atoms with Crippen LogP contribution in [0.3, 0.4) is 0 Å². The van der Waals surface area contributed by atoms with E-state index in [9.17, 15) is 9.59 Å². The molecular formula is C12H10O4. The summed E-state index contributed by atoms with van der Waals surface area (Å²) in [6.07, 6.45) is 0. The third-order valence-corrected chi connectivity index (χ3v) is 2.40. The second-order valence-electron chi connectivity index (χ2n) is 3.36. The highest BCUT2D eigenvalue weighted by Gasteiger charge is 2.17. The third-order valence-electron chi connectivity index (χ3n) is 2.40. The summed E-state index contributed by atoms with van der Waals surface area (Å²) in [6, 6.07) is 6.79. The smallest absolute Gasteiger partial charge is 0.343 e. The third kappa shape index (κ3) is 1.48. The molecule has 0 saturated heterocycles. The van der Waals surface area contributed by atoms with Crippen LogP contribution in [0.25, 0.3) is 10.8 Å². The molecule has 4 heteroatoms. The maximum atomic E-state index is 11.6. The minimum absolute atomic E-state index is 0.274. The number of esters is 1. The lowest BCUT2D eigenvalue weighted by Gasteiger charge is -2.05. The van der Waals surface area contributed by atoms with E-state index in [1.807, 2.05) is 0 Å². The second-order valence-corrected chi connectivity index (χ2v) is 3.36. The topological polar surface area (TPSA) is 56.5 Å². The van der Waals surface area contributed by atoms with E-state index < -0.39 is 11.6 Å². The molecular weight excluding hydrogens is 208 g/mol. The zero-order valence-electron chi connectivity index (χ0n) is 8.94. The average Bonchev–Trinajstić information content (AvgIpc) is 2.28. The molecule has 0 aliphatic heterocycles. The summed E-state index contributed by atoms with van der Waals surface area (Å²) in [5.41, 5.74) is -0.140. The molecule has 0 saturated carbocycles. The fourth-order valence-corrected chi connectivity index (χ4v) is 1.67. The summed E-state index contributed by atoms with van der Waals surface area (Å²) >= 11 is 0. The fourth-order valence-electron chi connectivity index (χ4n) is 1.67. The van der Waals surface area contributed by atoms with Gasteiger partial charge in [0.2, 0.25) is 0 Å². The number of benzene rings is 1. The van der Waals surface area contributed by atoms with Crippen molar-refractivity contribution < 1.29 is 13.9 Å².